The van der Waals surface area contributed by atoms with Crippen molar-refractivity contribution in [2.75, 3.05) is 17.3 Å². The van der Waals surface area contributed by atoms with E-state index in [0.717, 1.165) is 23.9 Å². The van der Waals surface area contributed by atoms with Gasteiger partial charge < -0.3 is 4.90 Å². The summed E-state index contributed by atoms with van der Waals surface area (Å²) < 4.78 is 0. The number of anilines is 1. The number of hydrogen-bond acceptors (Lipinski definition) is 3. The summed E-state index contributed by atoms with van der Waals surface area (Å²) in [7, 11) is 0. The topological polar surface area (TPSA) is 29.0 Å². The second-order valence-electron chi connectivity index (χ2n) is 4.86. The molecule has 0 N–H and O–H groups in total. The van der Waals surface area contributed by atoms with E-state index in [1.807, 2.05) is 13.0 Å². The van der Waals surface area contributed by atoms with E-state index in [1.54, 1.807) is 0 Å². The van der Waals surface area contributed by atoms with Gasteiger partial charge in [0.25, 0.3) is 0 Å². The standard InChI is InChI=1S/C13H22ClN3/c1-9(2)13-15-11(5)8-12(16-13)17(7-6-14)10(3)4/h8-10H,6-7H2,1-5H3. The van der Waals surface area contributed by atoms with Crippen molar-refractivity contribution >= 4 is 17.4 Å². The van der Waals surface area contributed by atoms with Crippen molar-refractivity contribution in [2.45, 2.75) is 46.6 Å². The van der Waals surface area contributed by atoms with Gasteiger partial charge in [-0.15, -0.1) is 11.6 Å². The van der Waals surface area contributed by atoms with Crippen LogP contribution in [-0.2, 0) is 0 Å². The molecule has 0 atom stereocenters. The second-order valence-corrected chi connectivity index (χ2v) is 5.23. The fraction of sp³-hybridized carbons (Fsp3) is 0.692. The van der Waals surface area contributed by atoms with E-state index in [4.69, 9.17) is 11.6 Å². The van der Waals surface area contributed by atoms with Crippen LogP contribution in [-0.4, -0.2) is 28.4 Å². The molecule has 0 spiro atoms. The zero-order chi connectivity index (χ0) is 13.0. The third-order valence-corrected chi connectivity index (χ3v) is 2.79. The number of aromatic nitrogens is 2. The monoisotopic (exact) mass is 255 g/mol. The van der Waals surface area contributed by atoms with Gasteiger partial charge in [0.1, 0.15) is 11.6 Å². The van der Waals surface area contributed by atoms with Gasteiger partial charge in [0.15, 0.2) is 0 Å². The lowest BCUT2D eigenvalue weighted by molar-refractivity contribution is 0.679. The molecular weight excluding hydrogens is 234 g/mol. The fourth-order valence-electron chi connectivity index (χ4n) is 1.71. The van der Waals surface area contributed by atoms with Crippen LogP contribution in [0.25, 0.3) is 0 Å². The second kappa shape index (κ2) is 6.20. The van der Waals surface area contributed by atoms with Gasteiger partial charge in [-0.1, -0.05) is 13.8 Å². The Labute approximate surface area is 109 Å². The number of nitrogens with zero attached hydrogens (tertiary/aromatic N) is 3. The lowest BCUT2D eigenvalue weighted by Gasteiger charge is -2.27. The minimum atomic E-state index is 0.346. The minimum Gasteiger partial charge on any atom is -0.353 e. The smallest absolute Gasteiger partial charge is 0.133 e. The van der Waals surface area contributed by atoms with E-state index in [2.05, 4.69) is 42.6 Å². The predicted molar refractivity (Wildman–Crippen MR) is 74.1 cm³/mol. The molecule has 0 aromatic carbocycles. The number of alkyl halides is 1. The van der Waals surface area contributed by atoms with Gasteiger partial charge in [-0.3, -0.25) is 0 Å². The third kappa shape index (κ3) is 3.84. The molecule has 0 saturated carbocycles. The quantitative estimate of drug-likeness (QED) is 0.756. The van der Waals surface area contributed by atoms with Crippen LogP contribution in [0, 0.1) is 6.92 Å². The van der Waals surface area contributed by atoms with Crippen LogP contribution in [0.1, 0.15) is 45.1 Å². The summed E-state index contributed by atoms with van der Waals surface area (Å²) in [6.07, 6.45) is 0. The van der Waals surface area contributed by atoms with E-state index in [0.29, 0.717) is 17.8 Å². The van der Waals surface area contributed by atoms with Crippen LogP contribution in [0.5, 0.6) is 0 Å². The van der Waals surface area contributed by atoms with Gasteiger partial charge in [0, 0.05) is 36.1 Å². The van der Waals surface area contributed by atoms with Crippen LogP contribution in [0.3, 0.4) is 0 Å². The number of aryl methyl sites for hydroxylation is 1. The van der Waals surface area contributed by atoms with E-state index < -0.39 is 0 Å². The van der Waals surface area contributed by atoms with Gasteiger partial charge in [-0.2, -0.15) is 0 Å². The molecule has 1 aromatic rings. The highest BCUT2D eigenvalue weighted by Crippen LogP contribution is 2.19. The molecule has 4 heteroatoms. The summed E-state index contributed by atoms with van der Waals surface area (Å²) in [6, 6.07) is 2.42. The lowest BCUT2D eigenvalue weighted by atomic mass is 10.2. The molecule has 17 heavy (non-hydrogen) atoms. The van der Waals surface area contributed by atoms with Crippen molar-refractivity contribution in [1.82, 2.24) is 9.97 Å². The fourth-order valence-corrected chi connectivity index (χ4v) is 1.89. The van der Waals surface area contributed by atoms with Crippen molar-refractivity contribution in [1.29, 1.82) is 0 Å². The SMILES string of the molecule is Cc1cc(N(CCCl)C(C)C)nc(C(C)C)n1. The van der Waals surface area contributed by atoms with E-state index in [-0.39, 0.29) is 0 Å². The molecule has 1 heterocycles. The highest BCUT2D eigenvalue weighted by molar-refractivity contribution is 6.18. The number of rotatable bonds is 5. The van der Waals surface area contributed by atoms with Crippen molar-refractivity contribution in [3.05, 3.63) is 17.6 Å². The maximum absolute atomic E-state index is 5.85. The van der Waals surface area contributed by atoms with Crippen LogP contribution >= 0.6 is 11.6 Å². The van der Waals surface area contributed by atoms with Crippen LogP contribution in [0.2, 0.25) is 0 Å². The Morgan fingerprint density at radius 3 is 2.35 bits per heavy atom. The molecule has 0 radical (unpaired) electrons. The van der Waals surface area contributed by atoms with Crippen LogP contribution < -0.4 is 4.90 Å². The molecule has 0 fully saturated rings. The molecule has 0 bridgehead atoms. The summed E-state index contributed by atoms with van der Waals surface area (Å²) in [4.78, 5) is 11.3. The molecule has 96 valence electrons. The predicted octanol–water partition coefficient (Wildman–Crippen LogP) is 3.36. The average Bonchev–Trinajstić information content (AvgIpc) is 2.24. The number of hydrogen-bond donors (Lipinski definition) is 0. The molecular formula is C13H22ClN3. The molecule has 1 rings (SSSR count). The summed E-state index contributed by atoms with van der Waals surface area (Å²) in [5.74, 6) is 2.84. The van der Waals surface area contributed by atoms with Crippen molar-refractivity contribution in [3.63, 3.8) is 0 Å². The van der Waals surface area contributed by atoms with Gasteiger partial charge in [0.2, 0.25) is 0 Å². The highest BCUT2D eigenvalue weighted by atomic mass is 35.5. The Morgan fingerprint density at radius 2 is 1.88 bits per heavy atom. The molecule has 0 aliphatic heterocycles. The molecule has 1 aromatic heterocycles. The Morgan fingerprint density at radius 1 is 1.24 bits per heavy atom. The lowest BCUT2D eigenvalue weighted by Crippen LogP contribution is -2.33. The zero-order valence-electron chi connectivity index (χ0n) is 11.4. The Kier molecular flexibility index (Phi) is 5.19. The normalized spacial score (nSPS) is 11.3. The van der Waals surface area contributed by atoms with Crippen molar-refractivity contribution in [2.24, 2.45) is 0 Å². The summed E-state index contributed by atoms with van der Waals surface area (Å²) in [5, 5.41) is 0. The summed E-state index contributed by atoms with van der Waals surface area (Å²) in [6.45, 7) is 11.3. The largest absolute Gasteiger partial charge is 0.353 e. The first kappa shape index (κ1) is 14.2. The molecule has 0 aliphatic carbocycles. The molecule has 0 amide bonds. The molecule has 3 nitrogen and oxygen atoms in total. The highest BCUT2D eigenvalue weighted by Gasteiger charge is 2.14. The Balaban J connectivity index is 3.10. The first-order valence-electron chi connectivity index (χ1n) is 6.14. The van der Waals surface area contributed by atoms with Gasteiger partial charge >= 0.3 is 0 Å². The van der Waals surface area contributed by atoms with Gasteiger partial charge in [-0.25, -0.2) is 9.97 Å². The van der Waals surface area contributed by atoms with Gasteiger partial charge in [0.05, 0.1) is 0 Å². The van der Waals surface area contributed by atoms with Gasteiger partial charge in [-0.05, 0) is 20.8 Å². The van der Waals surface area contributed by atoms with E-state index in [1.165, 1.54) is 0 Å². The first-order valence-corrected chi connectivity index (χ1v) is 6.67. The zero-order valence-corrected chi connectivity index (χ0v) is 12.1. The van der Waals surface area contributed by atoms with Crippen LogP contribution in [0.4, 0.5) is 5.82 Å². The minimum absolute atomic E-state index is 0.346. The first-order chi connectivity index (χ1) is 7.95. The molecule has 0 aliphatic rings. The summed E-state index contributed by atoms with van der Waals surface area (Å²) in [5.41, 5.74) is 1.01. The van der Waals surface area contributed by atoms with Crippen molar-refractivity contribution < 1.29 is 0 Å². The number of halogens is 1. The third-order valence-electron chi connectivity index (χ3n) is 2.62. The van der Waals surface area contributed by atoms with E-state index >= 15 is 0 Å². The maximum Gasteiger partial charge on any atom is 0.133 e. The van der Waals surface area contributed by atoms with Crippen molar-refractivity contribution in [3.8, 4) is 0 Å². The summed E-state index contributed by atoms with van der Waals surface area (Å²) >= 11 is 5.85. The Bertz CT molecular complexity index is 364. The molecule has 0 saturated heterocycles. The Hall–Kier alpha value is -0.830. The maximum atomic E-state index is 5.85. The van der Waals surface area contributed by atoms with Crippen LogP contribution in [0.15, 0.2) is 6.07 Å². The average molecular weight is 256 g/mol. The van der Waals surface area contributed by atoms with E-state index in [9.17, 15) is 0 Å². The molecule has 0 unspecified atom stereocenters.